The number of piperidine rings is 1. The van der Waals surface area contributed by atoms with Crippen molar-refractivity contribution < 1.29 is 8.78 Å². The number of benzene rings is 1. The standard InChI is InChI=1S/C20H22F2N6OS2/c1-30-27-7-5-13(6-8-27)25-20-24-11-12-9-16(17(21)22)19(29)28(18(12)26-20)14-3-2-4-15(10-14)31-23/h2-4,9-11,13,17H,5-8,23H2,1H3,(H,24,25,26). The second kappa shape index (κ2) is 9.51. The summed E-state index contributed by atoms with van der Waals surface area (Å²) in [4.78, 5) is 22.5. The third kappa shape index (κ3) is 4.69. The fourth-order valence-corrected chi connectivity index (χ4v) is 4.57. The molecule has 3 heterocycles. The van der Waals surface area contributed by atoms with E-state index in [0.717, 1.165) is 37.9 Å². The van der Waals surface area contributed by atoms with E-state index in [1.807, 2.05) is 0 Å². The smallest absolute Gasteiger partial charge is 0.269 e. The Morgan fingerprint density at radius 3 is 2.71 bits per heavy atom. The molecule has 3 N–H and O–H groups in total. The van der Waals surface area contributed by atoms with Crippen LogP contribution >= 0.6 is 23.9 Å². The molecule has 1 aliphatic rings. The third-order valence-corrected chi connectivity index (χ3v) is 6.67. The molecule has 7 nitrogen and oxygen atoms in total. The first-order chi connectivity index (χ1) is 15.0. The quantitative estimate of drug-likeness (QED) is 0.532. The van der Waals surface area contributed by atoms with E-state index in [4.69, 9.17) is 5.14 Å². The zero-order chi connectivity index (χ0) is 22.0. The average molecular weight is 465 g/mol. The molecule has 0 spiro atoms. The van der Waals surface area contributed by atoms with E-state index in [1.54, 1.807) is 36.2 Å². The number of rotatable bonds is 6. The number of nitrogens with one attached hydrogen (secondary N) is 1. The predicted octanol–water partition coefficient (Wildman–Crippen LogP) is 3.84. The average Bonchev–Trinajstić information content (AvgIpc) is 2.79. The Kier molecular flexibility index (Phi) is 6.75. The minimum atomic E-state index is -2.91. The van der Waals surface area contributed by atoms with Gasteiger partial charge in [-0.2, -0.15) is 4.98 Å². The largest absolute Gasteiger partial charge is 0.351 e. The zero-order valence-electron chi connectivity index (χ0n) is 16.8. The monoisotopic (exact) mass is 464 g/mol. The van der Waals surface area contributed by atoms with Gasteiger partial charge < -0.3 is 5.32 Å². The van der Waals surface area contributed by atoms with Gasteiger partial charge in [-0.1, -0.05) is 18.0 Å². The third-order valence-electron chi connectivity index (χ3n) is 5.26. The van der Waals surface area contributed by atoms with Crippen molar-refractivity contribution in [2.24, 2.45) is 5.14 Å². The highest BCUT2D eigenvalue weighted by Gasteiger charge is 2.22. The molecular formula is C20H22F2N6OS2. The van der Waals surface area contributed by atoms with Crippen molar-refractivity contribution in [2.45, 2.75) is 30.2 Å². The van der Waals surface area contributed by atoms with Crippen LogP contribution in [0, 0.1) is 0 Å². The molecule has 1 saturated heterocycles. The highest BCUT2D eigenvalue weighted by atomic mass is 32.2. The molecule has 1 aliphatic heterocycles. The van der Waals surface area contributed by atoms with Gasteiger partial charge in [-0.25, -0.2) is 13.8 Å². The van der Waals surface area contributed by atoms with E-state index >= 15 is 0 Å². The second-order valence-corrected chi connectivity index (χ2v) is 8.75. The molecule has 0 radical (unpaired) electrons. The molecule has 1 fully saturated rings. The van der Waals surface area contributed by atoms with Crippen LogP contribution < -0.4 is 16.0 Å². The first-order valence-corrected chi connectivity index (χ1v) is 11.8. The van der Waals surface area contributed by atoms with E-state index < -0.39 is 17.5 Å². The molecular weight excluding hydrogens is 442 g/mol. The molecule has 3 aromatic rings. The van der Waals surface area contributed by atoms with Crippen LogP contribution in [0.1, 0.15) is 24.8 Å². The number of hydrogen-bond donors (Lipinski definition) is 2. The van der Waals surface area contributed by atoms with Gasteiger partial charge >= 0.3 is 0 Å². The number of anilines is 1. The highest BCUT2D eigenvalue weighted by molar-refractivity contribution is 7.97. The van der Waals surface area contributed by atoms with Crippen molar-refractivity contribution in [3.05, 3.63) is 52.4 Å². The maximum atomic E-state index is 13.5. The lowest BCUT2D eigenvalue weighted by Crippen LogP contribution is -2.35. The summed E-state index contributed by atoms with van der Waals surface area (Å²) in [6, 6.07) is 8.22. The van der Waals surface area contributed by atoms with Gasteiger partial charge in [-0.05, 0) is 55.3 Å². The Bertz CT molecular complexity index is 1130. The van der Waals surface area contributed by atoms with Gasteiger partial charge in [0.05, 0.1) is 11.3 Å². The van der Waals surface area contributed by atoms with Gasteiger partial charge in [-0.15, -0.1) is 0 Å². The van der Waals surface area contributed by atoms with Crippen LogP contribution in [0.3, 0.4) is 0 Å². The highest BCUT2D eigenvalue weighted by Crippen LogP contribution is 2.25. The van der Waals surface area contributed by atoms with Crippen molar-refractivity contribution in [3.63, 3.8) is 0 Å². The summed E-state index contributed by atoms with van der Waals surface area (Å²) in [6.07, 6.45) is 2.51. The fourth-order valence-electron chi connectivity index (χ4n) is 3.64. The van der Waals surface area contributed by atoms with Crippen molar-refractivity contribution in [1.29, 1.82) is 0 Å². The Hall–Kier alpha value is -2.21. The summed E-state index contributed by atoms with van der Waals surface area (Å²) in [7, 11) is 0. The summed E-state index contributed by atoms with van der Waals surface area (Å²) in [6.45, 7) is 1.91. The topological polar surface area (TPSA) is 89.1 Å². The Labute approximate surface area is 186 Å². The number of fused-ring (bicyclic) bond motifs is 1. The van der Waals surface area contributed by atoms with Gasteiger partial charge in [0.15, 0.2) is 5.65 Å². The number of alkyl halides is 2. The molecule has 164 valence electrons. The Morgan fingerprint density at radius 1 is 1.26 bits per heavy atom. The summed E-state index contributed by atoms with van der Waals surface area (Å²) >= 11 is 2.74. The van der Waals surface area contributed by atoms with Crippen molar-refractivity contribution in [2.75, 3.05) is 24.7 Å². The molecule has 0 unspecified atom stereocenters. The van der Waals surface area contributed by atoms with Crippen LogP contribution in [-0.2, 0) is 0 Å². The van der Waals surface area contributed by atoms with Gasteiger partial charge in [0, 0.05) is 35.6 Å². The van der Waals surface area contributed by atoms with E-state index in [0.29, 0.717) is 21.9 Å². The minimum absolute atomic E-state index is 0.207. The van der Waals surface area contributed by atoms with Crippen LogP contribution in [0.25, 0.3) is 16.7 Å². The molecule has 0 bridgehead atoms. The summed E-state index contributed by atoms with van der Waals surface area (Å²) < 4.78 is 30.6. The molecule has 0 amide bonds. The van der Waals surface area contributed by atoms with Crippen LogP contribution in [0.2, 0.25) is 0 Å². The van der Waals surface area contributed by atoms with Crippen molar-refractivity contribution in [3.8, 4) is 5.69 Å². The van der Waals surface area contributed by atoms with Crippen molar-refractivity contribution in [1.82, 2.24) is 18.8 Å². The number of nitrogens with zero attached hydrogens (tertiary/aromatic N) is 4. The predicted molar refractivity (Wildman–Crippen MR) is 122 cm³/mol. The first kappa shape index (κ1) is 22.0. The lowest BCUT2D eigenvalue weighted by atomic mass is 10.1. The van der Waals surface area contributed by atoms with Crippen LogP contribution in [-0.4, -0.2) is 44.2 Å². The Balaban J connectivity index is 1.78. The molecule has 0 saturated carbocycles. The first-order valence-electron chi connectivity index (χ1n) is 9.73. The van der Waals surface area contributed by atoms with Crippen molar-refractivity contribution >= 4 is 40.9 Å². The lowest BCUT2D eigenvalue weighted by molar-refractivity contribution is 0.149. The molecule has 4 rings (SSSR count). The molecule has 11 heteroatoms. The molecule has 0 aliphatic carbocycles. The SMILES string of the molecule is CSN1CCC(Nc2ncc3cc(C(F)F)c(=O)n(-c4cccc(SN)c4)c3n2)CC1. The van der Waals surface area contributed by atoms with Crippen LogP contribution in [0.5, 0.6) is 0 Å². The fraction of sp³-hybridized carbons (Fsp3) is 0.350. The number of hydrogen-bond acceptors (Lipinski definition) is 8. The number of nitrogens with two attached hydrogens (primary N) is 1. The number of pyridine rings is 1. The summed E-state index contributed by atoms with van der Waals surface area (Å²) in [5.41, 5.74) is -0.704. The number of aromatic nitrogens is 3. The maximum absolute atomic E-state index is 13.5. The zero-order valence-corrected chi connectivity index (χ0v) is 18.4. The molecule has 2 aromatic heterocycles. The second-order valence-electron chi connectivity index (χ2n) is 7.16. The summed E-state index contributed by atoms with van der Waals surface area (Å²) in [5, 5.41) is 9.34. The summed E-state index contributed by atoms with van der Waals surface area (Å²) in [5.74, 6) is 0.373. The normalized spacial score (nSPS) is 15.6. The Morgan fingerprint density at radius 2 is 2.03 bits per heavy atom. The lowest BCUT2D eigenvalue weighted by Gasteiger charge is -2.30. The van der Waals surface area contributed by atoms with Gasteiger partial charge in [-0.3, -0.25) is 18.8 Å². The van der Waals surface area contributed by atoms with E-state index in [2.05, 4.69) is 25.8 Å². The molecule has 31 heavy (non-hydrogen) atoms. The van der Waals surface area contributed by atoms with E-state index in [-0.39, 0.29) is 11.7 Å². The van der Waals surface area contributed by atoms with Crippen LogP contribution in [0.15, 0.2) is 46.2 Å². The number of halogens is 2. The van der Waals surface area contributed by atoms with Gasteiger partial charge in [0.2, 0.25) is 5.95 Å². The minimum Gasteiger partial charge on any atom is -0.351 e. The maximum Gasteiger partial charge on any atom is 0.269 e. The van der Waals surface area contributed by atoms with E-state index in [1.165, 1.54) is 16.8 Å². The van der Waals surface area contributed by atoms with E-state index in [9.17, 15) is 13.6 Å². The molecule has 1 aromatic carbocycles. The van der Waals surface area contributed by atoms with Crippen LogP contribution in [0.4, 0.5) is 14.7 Å². The van der Waals surface area contributed by atoms with Gasteiger partial charge in [0.1, 0.15) is 0 Å². The molecule has 0 atom stereocenters. The van der Waals surface area contributed by atoms with Gasteiger partial charge in [0.25, 0.3) is 12.0 Å².